The van der Waals surface area contributed by atoms with Crippen LogP contribution < -0.4 is 16.4 Å². The number of rotatable bonds is 2. The second-order valence-corrected chi connectivity index (χ2v) is 5.38. The van der Waals surface area contributed by atoms with Crippen molar-refractivity contribution in [1.82, 2.24) is 14.9 Å². The minimum absolute atomic E-state index is 0.246. The molecule has 0 aliphatic carbocycles. The van der Waals surface area contributed by atoms with E-state index in [1.165, 1.54) is 0 Å². The Hall–Kier alpha value is -1.60. The number of anilines is 3. The molecule has 3 rings (SSSR count). The van der Waals surface area contributed by atoms with Gasteiger partial charge in [-0.25, -0.2) is 0 Å². The van der Waals surface area contributed by atoms with Crippen LogP contribution in [0.15, 0.2) is 6.07 Å². The number of ether oxygens (including phenoxy) is 1. The third-order valence-electron chi connectivity index (χ3n) is 4.10. The molecule has 2 aliphatic rings. The maximum absolute atomic E-state index is 5.73. The zero-order valence-corrected chi connectivity index (χ0v) is 11.7. The van der Waals surface area contributed by atoms with Crippen molar-refractivity contribution in [3.63, 3.8) is 0 Å². The van der Waals surface area contributed by atoms with Crippen LogP contribution in [0.25, 0.3) is 0 Å². The molecular weight excluding hydrogens is 256 g/mol. The molecule has 20 heavy (non-hydrogen) atoms. The van der Waals surface area contributed by atoms with Crippen LogP contribution in [0.3, 0.4) is 0 Å². The van der Waals surface area contributed by atoms with Gasteiger partial charge in [0.25, 0.3) is 0 Å². The second-order valence-electron chi connectivity index (χ2n) is 5.38. The van der Waals surface area contributed by atoms with Crippen molar-refractivity contribution >= 4 is 17.6 Å². The number of hydrogen-bond acceptors (Lipinski definition) is 7. The van der Waals surface area contributed by atoms with Crippen LogP contribution >= 0.6 is 0 Å². The van der Waals surface area contributed by atoms with Crippen molar-refractivity contribution in [2.75, 3.05) is 55.8 Å². The molecule has 0 amide bonds. The van der Waals surface area contributed by atoms with Crippen LogP contribution in [0.1, 0.15) is 12.8 Å². The first-order valence-corrected chi connectivity index (χ1v) is 7.19. The lowest BCUT2D eigenvalue weighted by molar-refractivity contribution is 0.0115. The summed E-state index contributed by atoms with van der Waals surface area (Å²) in [4.78, 5) is 13.0. The molecule has 1 aromatic heterocycles. The molecule has 7 nitrogen and oxygen atoms in total. The number of aromatic nitrogens is 2. The molecule has 1 aromatic rings. The van der Waals surface area contributed by atoms with Gasteiger partial charge in [-0.1, -0.05) is 0 Å². The maximum atomic E-state index is 5.73. The SMILES string of the molecule is Nc1cc(N2CCC(N3CCOCC3)CC2)nc(N)n1. The normalized spacial score (nSPS) is 22.1. The molecule has 0 radical (unpaired) electrons. The van der Waals surface area contributed by atoms with E-state index in [1.54, 1.807) is 6.07 Å². The molecule has 0 unspecified atom stereocenters. The summed E-state index contributed by atoms with van der Waals surface area (Å²) in [5.74, 6) is 1.52. The van der Waals surface area contributed by atoms with E-state index in [1.807, 2.05) is 0 Å². The summed E-state index contributed by atoms with van der Waals surface area (Å²) in [6.45, 7) is 5.80. The summed E-state index contributed by atoms with van der Waals surface area (Å²) < 4.78 is 5.41. The van der Waals surface area contributed by atoms with Crippen LogP contribution in [0.2, 0.25) is 0 Å². The molecule has 0 bridgehead atoms. The third kappa shape index (κ3) is 2.94. The quantitative estimate of drug-likeness (QED) is 0.783. The molecule has 110 valence electrons. The van der Waals surface area contributed by atoms with Gasteiger partial charge >= 0.3 is 0 Å². The molecule has 4 N–H and O–H groups in total. The zero-order valence-electron chi connectivity index (χ0n) is 11.7. The largest absolute Gasteiger partial charge is 0.383 e. The van der Waals surface area contributed by atoms with Gasteiger partial charge in [0.1, 0.15) is 11.6 Å². The van der Waals surface area contributed by atoms with Crippen LogP contribution in [-0.4, -0.2) is 60.3 Å². The fourth-order valence-corrected chi connectivity index (χ4v) is 3.04. The molecule has 2 saturated heterocycles. The van der Waals surface area contributed by atoms with Crippen LogP contribution in [-0.2, 0) is 4.74 Å². The van der Waals surface area contributed by atoms with Gasteiger partial charge in [-0.05, 0) is 12.8 Å². The number of hydrogen-bond donors (Lipinski definition) is 2. The van der Waals surface area contributed by atoms with Crippen molar-refractivity contribution in [1.29, 1.82) is 0 Å². The van der Waals surface area contributed by atoms with Crippen LogP contribution in [0.5, 0.6) is 0 Å². The lowest BCUT2D eigenvalue weighted by Gasteiger charge is -2.40. The van der Waals surface area contributed by atoms with E-state index in [0.29, 0.717) is 11.9 Å². The lowest BCUT2D eigenvalue weighted by atomic mass is 10.0. The van der Waals surface area contributed by atoms with E-state index >= 15 is 0 Å². The maximum Gasteiger partial charge on any atom is 0.223 e. The summed E-state index contributed by atoms with van der Waals surface area (Å²) in [5, 5.41) is 0. The van der Waals surface area contributed by atoms with Gasteiger partial charge in [-0.2, -0.15) is 9.97 Å². The number of nitrogens with two attached hydrogens (primary N) is 2. The highest BCUT2D eigenvalue weighted by Gasteiger charge is 2.26. The standard InChI is InChI=1S/C13H22N6O/c14-11-9-12(17-13(15)16-11)19-3-1-10(2-4-19)18-5-7-20-8-6-18/h9-10H,1-8H2,(H4,14,15,16,17). The van der Waals surface area contributed by atoms with Gasteiger partial charge < -0.3 is 21.1 Å². The molecule has 2 fully saturated rings. The van der Waals surface area contributed by atoms with Gasteiger partial charge in [-0.3, -0.25) is 4.90 Å². The predicted molar refractivity (Wildman–Crippen MR) is 78.5 cm³/mol. The Balaban J connectivity index is 1.60. The van der Waals surface area contributed by atoms with E-state index in [-0.39, 0.29) is 5.95 Å². The van der Waals surface area contributed by atoms with Crippen molar-refractivity contribution in [2.45, 2.75) is 18.9 Å². The Morgan fingerprint density at radius 2 is 1.75 bits per heavy atom. The monoisotopic (exact) mass is 278 g/mol. The van der Waals surface area contributed by atoms with Gasteiger partial charge in [-0.15, -0.1) is 0 Å². The van der Waals surface area contributed by atoms with E-state index < -0.39 is 0 Å². The number of piperidine rings is 1. The number of morpholine rings is 1. The fraction of sp³-hybridized carbons (Fsp3) is 0.692. The fourth-order valence-electron chi connectivity index (χ4n) is 3.04. The van der Waals surface area contributed by atoms with Crippen LogP contribution in [0.4, 0.5) is 17.6 Å². The summed E-state index contributed by atoms with van der Waals surface area (Å²) >= 11 is 0. The highest BCUT2D eigenvalue weighted by atomic mass is 16.5. The Bertz CT molecular complexity index is 434. The Kier molecular flexibility index (Phi) is 3.88. The topological polar surface area (TPSA) is 93.5 Å². The predicted octanol–water partition coefficient (Wildman–Crippen LogP) is -0.0580. The summed E-state index contributed by atoms with van der Waals surface area (Å²) in [7, 11) is 0. The van der Waals surface area contributed by atoms with Crippen LogP contribution in [0, 0.1) is 0 Å². The van der Waals surface area contributed by atoms with Crippen molar-refractivity contribution in [3.8, 4) is 0 Å². The van der Waals surface area contributed by atoms with E-state index in [2.05, 4.69) is 19.8 Å². The molecule has 0 spiro atoms. The summed E-state index contributed by atoms with van der Waals surface area (Å²) in [6.07, 6.45) is 2.29. The average molecular weight is 278 g/mol. The minimum Gasteiger partial charge on any atom is -0.383 e. The van der Waals surface area contributed by atoms with Gasteiger partial charge in [0, 0.05) is 38.3 Å². The minimum atomic E-state index is 0.246. The zero-order chi connectivity index (χ0) is 13.9. The summed E-state index contributed by atoms with van der Waals surface area (Å²) in [6, 6.07) is 2.46. The number of nitrogen functional groups attached to an aromatic ring is 2. The van der Waals surface area contributed by atoms with Crippen molar-refractivity contribution in [2.24, 2.45) is 0 Å². The van der Waals surface area contributed by atoms with Crippen molar-refractivity contribution < 1.29 is 4.74 Å². The van der Waals surface area contributed by atoms with Gasteiger partial charge in [0.05, 0.1) is 13.2 Å². The molecule has 3 heterocycles. The summed E-state index contributed by atoms with van der Waals surface area (Å²) in [5.41, 5.74) is 11.4. The Labute approximate surface area is 118 Å². The second kappa shape index (κ2) is 5.80. The molecule has 7 heteroatoms. The Morgan fingerprint density at radius 3 is 2.40 bits per heavy atom. The highest BCUT2D eigenvalue weighted by Crippen LogP contribution is 2.23. The molecule has 0 atom stereocenters. The number of nitrogens with zero attached hydrogens (tertiary/aromatic N) is 4. The first kappa shape index (κ1) is 13.4. The highest BCUT2D eigenvalue weighted by molar-refractivity contribution is 5.50. The first-order valence-electron chi connectivity index (χ1n) is 7.19. The Morgan fingerprint density at radius 1 is 1.05 bits per heavy atom. The van der Waals surface area contributed by atoms with E-state index in [4.69, 9.17) is 16.2 Å². The van der Waals surface area contributed by atoms with E-state index in [0.717, 1.165) is 58.1 Å². The van der Waals surface area contributed by atoms with Gasteiger partial charge in [0.2, 0.25) is 5.95 Å². The van der Waals surface area contributed by atoms with E-state index in [9.17, 15) is 0 Å². The third-order valence-corrected chi connectivity index (χ3v) is 4.10. The van der Waals surface area contributed by atoms with Crippen molar-refractivity contribution in [3.05, 3.63) is 6.07 Å². The first-order chi connectivity index (χ1) is 9.72. The van der Waals surface area contributed by atoms with Gasteiger partial charge in [0.15, 0.2) is 0 Å². The molecule has 0 saturated carbocycles. The average Bonchev–Trinajstić information content (AvgIpc) is 2.47. The smallest absolute Gasteiger partial charge is 0.223 e. The molecular formula is C13H22N6O. The molecule has 0 aromatic carbocycles. The molecule has 2 aliphatic heterocycles. The lowest BCUT2D eigenvalue weighted by Crippen LogP contribution is -2.49.